The van der Waals surface area contributed by atoms with Gasteiger partial charge in [0.2, 0.25) is 5.78 Å². The zero-order valence-electron chi connectivity index (χ0n) is 17.6. The van der Waals surface area contributed by atoms with Crippen LogP contribution in [0, 0.1) is 19.8 Å². The molecule has 0 aliphatic heterocycles. The molecule has 0 N–H and O–H groups in total. The molecule has 0 spiro atoms. The van der Waals surface area contributed by atoms with Gasteiger partial charge >= 0.3 is 0 Å². The van der Waals surface area contributed by atoms with E-state index in [2.05, 4.69) is 23.6 Å². The standard InChI is InChI=1S/C22H30N2O4/c1-15(2)10-11-24-16(3)12-19(17(24)4)20(25)14-28-23-13-18-8-7-9-21(26-5)22(18)27-6/h7-9,12-13,15H,10-11,14H2,1-6H3/b23-13+. The largest absolute Gasteiger partial charge is 0.493 e. The van der Waals surface area contributed by atoms with E-state index in [4.69, 9.17) is 14.3 Å². The molecule has 1 aromatic heterocycles. The van der Waals surface area contributed by atoms with Crippen LogP contribution < -0.4 is 9.47 Å². The second kappa shape index (κ2) is 9.97. The van der Waals surface area contributed by atoms with Gasteiger partial charge in [-0.1, -0.05) is 25.1 Å². The number of aryl methyl sites for hydroxylation is 1. The van der Waals surface area contributed by atoms with Crippen molar-refractivity contribution in [2.75, 3.05) is 20.8 Å². The topological polar surface area (TPSA) is 62.0 Å². The molecular weight excluding hydrogens is 356 g/mol. The van der Waals surface area contributed by atoms with E-state index < -0.39 is 0 Å². The van der Waals surface area contributed by atoms with Crippen molar-refractivity contribution in [2.24, 2.45) is 11.1 Å². The summed E-state index contributed by atoms with van der Waals surface area (Å²) < 4.78 is 12.8. The molecule has 6 nitrogen and oxygen atoms in total. The van der Waals surface area contributed by atoms with Crippen molar-refractivity contribution < 1.29 is 19.1 Å². The summed E-state index contributed by atoms with van der Waals surface area (Å²) in [5.74, 6) is 1.71. The van der Waals surface area contributed by atoms with Crippen LogP contribution in [0.25, 0.3) is 0 Å². The Morgan fingerprint density at radius 1 is 1.21 bits per heavy atom. The number of benzene rings is 1. The number of carbonyl (C=O) groups excluding carboxylic acids is 1. The Kier molecular flexibility index (Phi) is 7.67. The van der Waals surface area contributed by atoms with Gasteiger partial charge in [-0.25, -0.2) is 0 Å². The van der Waals surface area contributed by atoms with Gasteiger partial charge in [0, 0.05) is 29.1 Å². The van der Waals surface area contributed by atoms with E-state index in [0.29, 0.717) is 28.5 Å². The Morgan fingerprint density at radius 2 is 1.96 bits per heavy atom. The van der Waals surface area contributed by atoms with Gasteiger partial charge in [-0.05, 0) is 44.4 Å². The Bertz CT molecular complexity index is 837. The van der Waals surface area contributed by atoms with Gasteiger partial charge < -0.3 is 18.9 Å². The molecule has 0 atom stereocenters. The molecule has 0 bridgehead atoms. The summed E-state index contributed by atoms with van der Waals surface area (Å²) in [5, 5.41) is 3.92. The van der Waals surface area contributed by atoms with E-state index in [-0.39, 0.29) is 12.4 Å². The smallest absolute Gasteiger partial charge is 0.204 e. The van der Waals surface area contributed by atoms with Crippen LogP contribution in [0.3, 0.4) is 0 Å². The first-order valence-corrected chi connectivity index (χ1v) is 9.45. The average Bonchev–Trinajstić information content (AvgIpc) is 2.96. The van der Waals surface area contributed by atoms with Crippen LogP contribution >= 0.6 is 0 Å². The molecule has 2 aromatic rings. The van der Waals surface area contributed by atoms with E-state index in [1.807, 2.05) is 32.0 Å². The first-order valence-electron chi connectivity index (χ1n) is 9.45. The van der Waals surface area contributed by atoms with Crippen molar-refractivity contribution in [1.29, 1.82) is 0 Å². The van der Waals surface area contributed by atoms with E-state index in [9.17, 15) is 4.79 Å². The molecule has 28 heavy (non-hydrogen) atoms. The molecular formula is C22H30N2O4. The maximum Gasteiger partial charge on any atom is 0.204 e. The molecule has 0 fully saturated rings. The molecule has 0 unspecified atom stereocenters. The first-order chi connectivity index (χ1) is 13.4. The maximum atomic E-state index is 12.5. The van der Waals surface area contributed by atoms with Crippen molar-refractivity contribution in [1.82, 2.24) is 4.57 Å². The number of aromatic nitrogens is 1. The Morgan fingerprint density at radius 3 is 2.61 bits per heavy atom. The van der Waals surface area contributed by atoms with Crippen molar-refractivity contribution in [3.05, 3.63) is 46.8 Å². The molecule has 152 valence electrons. The summed E-state index contributed by atoms with van der Waals surface area (Å²) in [6, 6.07) is 7.39. The molecule has 0 aliphatic carbocycles. The normalized spacial score (nSPS) is 11.2. The van der Waals surface area contributed by atoms with Crippen LogP contribution in [0.2, 0.25) is 0 Å². The van der Waals surface area contributed by atoms with E-state index >= 15 is 0 Å². The predicted octanol–water partition coefficient (Wildman–Crippen LogP) is 4.40. The monoisotopic (exact) mass is 386 g/mol. The highest BCUT2D eigenvalue weighted by molar-refractivity contribution is 5.98. The number of para-hydroxylation sites is 1. The van der Waals surface area contributed by atoms with Crippen LogP contribution in [0.4, 0.5) is 0 Å². The van der Waals surface area contributed by atoms with Crippen molar-refractivity contribution >= 4 is 12.0 Å². The summed E-state index contributed by atoms with van der Waals surface area (Å²) in [4.78, 5) is 17.8. The Balaban J connectivity index is 2.02. The number of methoxy groups -OCH3 is 2. The first kappa shape index (κ1) is 21.5. The van der Waals surface area contributed by atoms with Crippen LogP contribution in [0.1, 0.15) is 47.6 Å². The minimum absolute atomic E-state index is 0.0846. The Hall–Kier alpha value is -2.76. The van der Waals surface area contributed by atoms with Gasteiger partial charge in [0.1, 0.15) is 0 Å². The third-order valence-electron chi connectivity index (χ3n) is 4.70. The summed E-state index contributed by atoms with van der Waals surface area (Å²) in [7, 11) is 3.14. The highest BCUT2D eigenvalue weighted by atomic mass is 16.6. The number of rotatable bonds is 10. The average molecular weight is 386 g/mol. The molecule has 0 aliphatic rings. The SMILES string of the molecule is COc1cccc(/C=N/OCC(=O)c2cc(C)n(CCC(C)C)c2C)c1OC. The second-order valence-corrected chi connectivity index (χ2v) is 7.13. The maximum absolute atomic E-state index is 12.5. The highest BCUT2D eigenvalue weighted by Gasteiger charge is 2.16. The fourth-order valence-electron chi connectivity index (χ4n) is 3.10. The molecule has 0 radical (unpaired) electrons. The molecule has 1 heterocycles. The van der Waals surface area contributed by atoms with Gasteiger partial charge in [0.25, 0.3) is 0 Å². The zero-order valence-corrected chi connectivity index (χ0v) is 17.6. The summed E-state index contributed by atoms with van der Waals surface area (Å²) in [6.07, 6.45) is 2.59. The van der Waals surface area contributed by atoms with Crippen molar-refractivity contribution in [2.45, 2.75) is 40.7 Å². The van der Waals surface area contributed by atoms with E-state index in [0.717, 1.165) is 24.4 Å². The van der Waals surface area contributed by atoms with Crippen LogP contribution in [0.15, 0.2) is 29.4 Å². The minimum atomic E-state index is -0.114. The summed E-state index contributed by atoms with van der Waals surface area (Å²) in [5.41, 5.74) is 3.47. The number of carbonyl (C=O) groups is 1. The summed E-state index contributed by atoms with van der Waals surface area (Å²) in [6.45, 7) is 9.20. The van der Waals surface area contributed by atoms with Crippen LogP contribution in [-0.4, -0.2) is 37.4 Å². The minimum Gasteiger partial charge on any atom is -0.493 e. The van der Waals surface area contributed by atoms with E-state index in [1.165, 1.54) is 6.21 Å². The second-order valence-electron chi connectivity index (χ2n) is 7.13. The summed E-state index contributed by atoms with van der Waals surface area (Å²) >= 11 is 0. The fraction of sp³-hybridized carbons (Fsp3) is 0.455. The van der Waals surface area contributed by atoms with Crippen molar-refractivity contribution in [3.63, 3.8) is 0 Å². The van der Waals surface area contributed by atoms with Crippen LogP contribution in [-0.2, 0) is 11.4 Å². The number of oxime groups is 1. The predicted molar refractivity (Wildman–Crippen MR) is 111 cm³/mol. The number of hydrogen-bond acceptors (Lipinski definition) is 5. The van der Waals surface area contributed by atoms with Crippen LogP contribution in [0.5, 0.6) is 11.5 Å². The lowest BCUT2D eigenvalue weighted by atomic mass is 10.1. The number of ether oxygens (including phenoxy) is 2. The van der Waals surface area contributed by atoms with Gasteiger partial charge in [-0.2, -0.15) is 0 Å². The zero-order chi connectivity index (χ0) is 20.7. The van der Waals surface area contributed by atoms with Gasteiger partial charge in [0.05, 0.1) is 20.4 Å². The number of nitrogens with zero attached hydrogens (tertiary/aromatic N) is 2. The van der Waals surface area contributed by atoms with Gasteiger partial charge in [-0.3, -0.25) is 4.79 Å². The van der Waals surface area contributed by atoms with E-state index in [1.54, 1.807) is 20.3 Å². The lowest BCUT2D eigenvalue weighted by Gasteiger charge is -2.11. The number of ketones is 1. The molecule has 0 saturated carbocycles. The molecule has 0 amide bonds. The molecule has 6 heteroatoms. The molecule has 0 saturated heterocycles. The van der Waals surface area contributed by atoms with Gasteiger partial charge in [0.15, 0.2) is 18.1 Å². The third kappa shape index (κ3) is 5.15. The highest BCUT2D eigenvalue weighted by Crippen LogP contribution is 2.29. The molecule has 1 aromatic carbocycles. The lowest BCUT2D eigenvalue weighted by Crippen LogP contribution is -2.10. The number of hydrogen-bond donors (Lipinski definition) is 0. The Labute approximate surface area is 167 Å². The fourth-order valence-corrected chi connectivity index (χ4v) is 3.10. The molecule has 2 rings (SSSR count). The third-order valence-corrected chi connectivity index (χ3v) is 4.70. The number of Topliss-reactive ketones (excluding diaryl/α,β-unsaturated/α-hetero) is 1. The van der Waals surface area contributed by atoms with Crippen molar-refractivity contribution in [3.8, 4) is 11.5 Å². The quantitative estimate of drug-likeness (QED) is 0.345. The lowest BCUT2D eigenvalue weighted by molar-refractivity contribution is 0.0778. The van der Waals surface area contributed by atoms with Gasteiger partial charge in [-0.15, -0.1) is 0 Å².